The van der Waals surface area contributed by atoms with Gasteiger partial charge < -0.3 is 10.3 Å². The van der Waals surface area contributed by atoms with Gasteiger partial charge in [0.15, 0.2) is 0 Å². The number of hydrogen-bond donors (Lipinski definition) is 1. The zero-order chi connectivity index (χ0) is 15.0. The Hall–Kier alpha value is -1.82. The minimum absolute atomic E-state index is 0.0316. The summed E-state index contributed by atoms with van der Waals surface area (Å²) in [5.41, 5.74) is 6.87. The van der Waals surface area contributed by atoms with E-state index in [1.165, 1.54) is 0 Å². The van der Waals surface area contributed by atoms with Gasteiger partial charge in [-0.05, 0) is 24.2 Å². The summed E-state index contributed by atoms with van der Waals surface area (Å²) in [4.78, 5) is 12.8. The van der Waals surface area contributed by atoms with Crippen molar-refractivity contribution >= 4 is 0 Å². The Kier molecular flexibility index (Phi) is 3.49. The summed E-state index contributed by atoms with van der Waals surface area (Å²) in [6.07, 6.45) is 6.84. The molecule has 0 saturated heterocycles. The molecule has 1 fully saturated rings. The molecule has 6 nitrogen and oxygen atoms in total. The van der Waals surface area contributed by atoms with Gasteiger partial charge in [-0.25, -0.2) is 4.98 Å². The van der Waals surface area contributed by atoms with Gasteiger partial charge in [-0.3, -0.25) is 4.98 Å². The first-order valence-electron chi connectivity index (χ1n) is 7.35. The quantitative estimate of drug-likeness (QED) is 0.912. The molecule has 3 rings (SSSR count). The maximum atomic E-state index is 6.21. The van der Waals surface area contributed by atoms with Crippen molar-refractivity contribution in [3.8, 4) is 11.5 Å². The van der Waals surface area contributed by atoms with E-state index in [2.05, 4.69) is 40.9 Å². The first-order chi connectivity index (χ1) is 10.00. The molecule has 0 aromatic carbocycles. The molecule has 21 heavy (non-hydrogen) atoms. The highest BCUT2D eigenvalue weighted by Crippen LogP contribution is 2.49. The van der Waals surface area contributed by atoms with Crippen LogP contribution in [0.2, 0.25) is 0 Å². The lowest BCUT2D eigenvalue weighted by Crippen LogP contribution is -2.45. The van der Waals surface area contributed by atoms with Crippen LogP contribution in [0.5, 0.6) is 0 Å². The molecule has 2 aromatic rings. The largest absolute Gasteiger partial charge is 0.339 e. The summed E-state index contributed by atoms with van der Waals surface area (Å²) >= 11 is 0. The van der Waals surface area contributed by atoms with Crippen LogP contribution in [0.4, 0.5) is 0 Å². The van der Waals surface area contributed by atoms with Gasteiger partial charge in [0, 0.05) is 24.4 Å². The van der Waals surface area contributed by atoms with Gasteiger partial charge in [0.1, 0.15) is 5.69 Å². The fraction of sp³-hybridized carbons (Fsp3) is 0.600. The van der Waals surface area contributed by atoms with E-state index in [1.54, 1.807) is 18.6 Å². The van der Waals surface area contributed by atoms with Crippen LogP contribution in [0.1, 0.15) is 45.4 Å². The van der Waals surface area contributed by atoms with Gasteiger partial charge in [0.25, 0.3) is 0 Å². The molecule has 112 valence electrons. The summed E-state index contributed by atoms with van der Waals surface area (Å²) in [7, 11) is 0. The summed E-state index contributed by atoms with van der Waals surface area (Å²) in [5, 5.41) is 4.05. The van der Waals surface area contributed by atoms with Gasteiger partial charge in [-0.1, -0.05) is 25.9 Å². The predicted octanol–water partition coefficient (Wildman–Crippen LogP) is 2.39. The smallest absolute Gasteiger partial charge is 0.230 e. The van der Waals surface area contributed by atoms with Crippen LogP contribution in [0, 0.1) is 11.3 Å². The molecule has 1 aliphatic carbocycles. The summed E-state index contributed by atoms with van der Waals surface area (Å²) in [5.74, 6) is 1.81. The maximum Gasteiger partial charge on any atom is 0.230 e. The molecule has 2 aromatic heterocycles. The fourth-order valence-corrected chi connectivity index (χ4v) is 3.19. The Morgan fingerprint density at radius 3 is 2.81 bits per heavy atom. The third-order valence-electron chi connectivity index (χ3n) is 5.03. The zero-order valence-electron chi connectivity index (χ0n) is 12.7. The lowest BCUT2D eigenvalue weighted by molar-refractivity contribution is 0.0806. The molecular formula is C15H21N5O. The minimum Gasteiger partial charge on any atom is -0.339 e. The van der Waals surface area contributed by atoms with E-state index in [0.29, 0.717) is 23.3 Å². The Bertz CT molecular complexity index is 610. The first kappa shape index (κ1) is 14.1. The second-order valence-electron chi connectivity index (χ2n) is 6.45. The first-order valence-corrected chi connectivity index (χ1v) is 7.35. The Morgan fingerprint density at radius 2 is 2.10 bits per heavy atom. The third-order valence-corrected chi connectivity index (χ3v) is 5.03. The van der Waals surface area contributed by atoms with Crippen LogP contribution >= 0.6 is 0 Å². The number of hydrogen-bond acceptors (Lipinski definition) is 6. The van der Waals surface area contributed by atoms with Crippen molar-refractivity contribution in [1.29, 1.82) is 0 Å². The van der Waals surface area contributed by atoms with Gasteiger partial charge in [0.05, 0.1) is 6.20 Å². The Morgan fingerprint density at radius 1 is 1.29 bits per heavy atom. The molecule has 3 unspecified atom stereocenters. The van der Waals surface area contributed by atoms with Gasteiger partial charge >= 0.3 is 0 Å². The lowest BCUT2D eigenvalue weighted by Gasteiger charge is -2.45. The average Bonchev–Trinajstić information content (AvgIpc) is 2.95. The van der Waals surface area contributed by atoms with Crippen LogP contribution in [0.15, 0.2) is 23.1 Å². The van der Waals surface area contributed by atoms with Gasteiger partial charge in [-0.2, -0.15) is 4.98 Å². The summed E-state index contributed by atoms with van der Waals surface area (Å²) in [6, 6.07) is 0.235. The van der Waals surface area contributed by atoms with E-state index in [0.717, 1.165) is 12.8 Å². The molecule has 0 amide bonds. The zero-order valence-corrected chi connectivity index (χ0v) is 12.7. The SMILES string of the molecule is CC1C(N)CCC(c2nc(-c3cnccn3)no2)C1(C)C. The number of aromatic nitrogens is 4. The van der Waals surface area contributed by atoms with Crippen molar-refractivity contribution in [2.45, 2.75) is 45.6 Å². The Labute approximate surface area is 124 Å². The van der Waals surface area contributed by atoms with E-state index in [4.69, 9.17) is 10.3 Å². The monoisotopic (exact) mass is 287 g/mol. The van der Waals surface area contributed by atoms with E-state index >= 15 is 0 Å². The van der Waals surface area contributed by atoms with Gasteiger partial charge in [-0.15, -0.1) is 0 Å². The van der Waals surface area contributed by atoms with Crippen LogP contribution in [-0.4, -0.2) is 26.2 Å². The average molecular weight is 287 g/mol. The van der Waals surface area contributed by atoms with Crippen molar-refractivity contribution in [3.05, 3.63) is 24.5 Å². The van der Waals surface area contributed by atoms with Gasteiger partial charge in [0.2, 0.25) is 11.7 Å². The summed E-state index contributed by atoms with van der Waals surface area (Å²) in [6.45, 7) is 6.66. The molecule has 0 spiro atoms. The maximum absolute atomic E-state index is 6.21. The molecular weight excluding hydrogens is 266 g/mol. The predicted molar refractivity (Wildman–Crippen MR) is 78.2 cm³/mol. The van der Waals surface area contributed by atoms with E-state index in [1.807, 2.05) is 0 Å². The highest BCUT2D eigenvalue weighted by molar-refractivity contribution is 5.45. The molecule has 1 aliphatic rings. The van der Waals surface area contributed by atoms with Crippen molar-refractivity contribution in [1.82, 2.24) is 20.1 Å². The second kappa shape index (κ2) is 5.18. The van der Waals surface area contributed by atoms with Crippen molar-refractivity contribution in [3.63, 3.8) is 0 Å². The third kappa shape index (κ3) is 2.44. The lowest BCUT2D eigenvalue weighted by atomic mass is 9.61. The van der Waals surface area contributed by atoms with Crippen molar-refractivity contribution in [2.24, 2.45) is 17.1 Å². The highest BCUT2D eigenvalue weighted by Gasteiger charge is 2.44. The van der Waals surface area contributed by atoms with Crippen molar-refractivity contribution in [2.75, 3.05) is 0 Å². The Balaban J connectivity index is 1.90. The molecule has 0 aliphatic heterocycles. The summed E-state index contributed by atoms with van der Waals surface area (Å²) < 4.78 is 5.51. The normalized spacial score (nSPS) is 28.5. The topological polar surface area (TPSA) is 90.7 Å². The molecule has 0 radical (unpaired) electrons. The van der Waals surface area contributed by atoms with Crippen LogP contribution < -0.4 is 5.73 Å². The van der Waals surface area contributed by atoms with Crippen LogP contribution in [0.3, 0.4) is 0 Å². The van der Waals surface area contributed by atoms with E-state index < -0.39 is 0 Å². The molecule has 6 heteroatoms. The van der Waals surface area contributed by atoms with Crippen LogP contribution in [-0.2, 0) is 0 Å². The van der Waals surface area contributed by atoms with Crippen molar-refractivity contribution < 1.29 is 4.52 Å². The van der Waals surface area contributed by atoms with E-state index in [9.17, 15) is 0 Å². The highest BCUT2D eigenvalue weighted by atomic mass is 16.5. The molecule has 3 atom stereocenters. The molecule has 1 saturated carbocycles. The van der Waals surface area contributed by atoms with E-state index in [-0.39, 0.29) is 17.4 Å². The molecule has 0 bridgehead atoms. The number of nitrogens with two attached hydrogens (primary N) is 1. The molecule has 2 heterocycles. The van der Waals surface area contributed by atoms with Crippen LogP contribution in [0.25, 0.3) is 11.5 Å². The number of rotatable bonds is 2. The standard InChI is InChI=1S/C15H21N5O/c1-9-11(16)5-4-10(15(9,2)3)14-19-13(20-21-14)12-8-17-6-7-18-12/h6-11H,4-5,16H2,1-3H3. The molecule has 2 N–H and O–H groups in total. The minimum atomic E-state index is 0.0316. The second-order valence-corrected chi connectivity index (χ2v) is 6.45. The number of nitrogens with zero attached hydrogens (tertiary/aromatic N) is 4. The fourth-order valence-electron chi connectivity index (χ4n) is 3.19.